The molecule has 0 radical (unpaired) electrons. The summed E-state index contributed by atoms with van der Waals surface area (Å²) in [5, 5.41) is 0. The van der Waals surface area contributed by atoms with Crippen molar-refractivity contribution >= 4 is 23.9 Å². The van der Waals surface area contributed by atoms with Crippen LogP contribution in [0.1, 0.15) is 6.92 Å². The average Bonchev–Trinajstić information content (AvgIpc) is 2.67. The largest absolute Gasteiger partial charge is 0.454 e. The van der Waals surface area contributed by atoms with Crippen molar-refractivity contribution in [3.63, 3.8) is 0 Å². The summed E-state index contributed by atoms with van der Waals surface area (Å²) in [6, 6.07) is 1.68. The number of ether oxygens (including phenoxy) is 2. The molecule has 10 nitrogen and oxygen atoms in total. The first kappa shape index (κ1) is 19.4. The Hall–Kier alpha value is -2.91. The Morgan fingerprint density at radius 1 is 1.08 bits per heavy atom. The van der Waals surface area contributed by atoms with Crippen LogP contribution in [-0.4, -0.2) is 90.7 Å². The second-order valence-corrected chi connectivity index (χ2v) is 5.63. The van der Waals surface area contributed by atoms with Crippen LogP contribution in [0.5, 0.6) is 0 Å². The molecule has 0 bridgehead atoms. The zero-order valence-corrected chi connectivity index (χ0v) is 15.0. The molecule has 0 unspecified atom stereocenters. The van der Waals surface area contributed by atoms with Crippen molar-refractivity contribution < 1.29 is 23.9 Å². The number of rotatable bonds is 6. The van der Waals surface area contributed by atoms with E-state index in [4.69, 9.17) is 9.47 Å². The molecule has 2 amide bonds. The first-order chi connectivity index (χ1) is 12.5. The van der Waals surface area contributed by atoms with Crippen molar-refractivity contribution in [3.8, 4) is 0 Å². The maximum atomic E-state index is 12.1. The van der Waals surface area contributed by atoms with Gasteiger partial charge in [-0.05, 0) is 13.0 Å². The van der Waals surface area contributed by atoms with Crippen molar-refractivity contribution in [2.75, 3.05) is 57.9 Å². The number of amides is 2. The summed E-state index contributed by atoms with van der Waals surface area (Å²) < 4.78 is 9.96. The standard InChI is InChI=1S/C16H23N5O5/c1-3-25-16(24)21-9-7-20(8-10-21)13(22)12-26-14(23)11-19(2)15-17-5-4-6-18-15/h4-6H,3,7-12H2,1-2H3. The molecule has 0 aliphatic carbocycles. The Morgan fingerprint density at radius 3 is 2.31 bits per heavy atom. The van der Waals surface area contributed by atoms with Crippen molar-refractivity contribution in [3.05, 3.63) is 18.5 Å². The van der Waals surface area contributed by atoms with Gasteiger partial charge in [0.15, 0.2) is 6.61 Å². The molecule has 0 saturated carbocycles. The Bertz CT molecular complexity index is 619. The van der Waals surface area contributed by atoms with Gasteiger partial charge in [0, 0.05) is 45.6 Å². The molecule has 0 atom stereocenters. The van der Waals surface area contributed by atoms with Gasteiger partial charge in [-0.1, -0.05) is 0 Å². The molecule has 10 heteroatoms. The van der Waals surface area contributed by atoms with Gasteiger partial charge in [-0.2, -0.15) is 0 Å². The Balaban J connectivity index is 1.70. The highest BCUT2D eigenvalue weighted by Crippen LogP contribution is 2.05. The molecule has 0 N–H and O–H groups in total. The molecule has 1 aliphatic rings. The first-order valence-corrected chi connectivity index (χ1v) is 8.34. The minimum absolute atomic E-state index is 0.0616. The lowest BCUT2D eigenvalue weighted by Gasteiger charge is -2.33. The van der Waals surface area contributed by atoms with E-state index >= 15 is 0 Å². The smallest absolute Gasteiger partial charge is 0.409 e. The van der Waals surface area contributed by atoms with Crippen LogP contribution >= 0.6 is 0 Å². The van der Waals surface area contributed by atoms with Gasteiger partial charge in [0.05, 0.1) is 6.61 Å². The number of likely N-dealkylation sites (N-methyl/N-ethyl adjacent to an activating group) is 1. The topological polar surface area (TPSA) is 105 Å². The van der Waals surface area contributed by atoms with E-state index in [1.807, 2.05) is 0 Å². The number of esters is 1. The van der Waals surface area contributed by atoms with Gasteiger partial charge >= 0.3 is 12.1 Å². The van der Waals surface area contributed by atoms with Gasteiger partial charge < -0.3 is 24.2 Å². The highest BCUT2D eigenvalue weighted by molar-refractivity contribution is 5.82. The second-order valence-electron chi connectivity index (χ2n) is 5.63. The predicted octanol–water partition coefficient (Wildman–Crippen LogP) is -0.243. The maximum absolute atomic E-state index is 12.1. The lowest BCUT2D eigenvalue weighted by atomic mass is 10.3. The second kappa shape index (κ2) is 9.54. The first-order valence-electron chi connectivity index (χ1n) is 8.34. The van der Waals surface area contributed by atoms with Crippen molar-refractivity contribution in [1.29, 1.82) is 0 Å². The van der Waals surface area contributed by atoms with Crippen LogP contribution < -0.4 is 4.90 Å². The van der Waals surface area contributed by atoms with Crippen molar-refractivity contribution in [2.24, 2.45) is 0 Å². The summed E-state index contributed by atoms with van der Waals surface area (Å²) in [6.07, 6.45) is 2.77. The lowest BCUT2D eigenvalue weighted by Crippen LogP contribution is -2.51. The van der Waals surface area contributed by atoms with E-state index in [9.17, 15) is 14.4 Å². The van der Waals surface area contributed by atoms with Crippen LogP contribution in [0.15, 0.2) is 18.5 Å². The maximum Gasteiger partial charge on any atom is 0.409 e. The van der Waals surface area contributed by atoms with Crippen LogP contribution in [0, 0.1) is 0 Å². The van der Waals surface area contributed by atoms with E-state index in [2.05, 4.69) is 9.97 Å². The van der Waals surface area contributed by atoms with E-state index in [1.165, 1.54) is 4.90 Å². The van der Waals surface area contributed by atoms with E-state index in [1.54, 1.807) is 42.2 Å². The quantitative estimate of drug-likeness (QED) is 0.636. The van der Waals surface area contributed by atoms with Gasteiger partial charge in [-0.15, -0.1) is 0 Å². The molecular weight excluding hydrogens is 342 g/mol. The van der Waals surface area contributed by atoms with Crippen LogP contribution in [0.25, 0.3) is 0 Å². The third kappa shape index (κ3) is 5.57. The molecule has 26 heavy (non-hydrogen) atoms. The van der Waals surface area contributed by atoms with Crippen LogP contribution in [0.4, 0.5) is 10.7 Å². The molecule has 1 aliphatic heterocycles. The van der Waals surface area contributed by atoms with Gasteiger partial charge in [0.1, 0.15) is 6.54 Å². The Morgan fingerprint density at radius 2 is 1.69 bits per heavy atom. The summed E-state index contributed by atoms with van der Waals surface area (Å²) in [5.41, 5.74) is 0. The molecule has 142 valence electrons. The average molecular weight is 365 g/mol. The summed E-state index contributed by atoms with van der Waals surface area (Å²) >= 11 is 0. The SMILES string of the molecule is CCOC(=O)N1CCN(C(=O)COC(=O)CN(C)c2ncccn2)CC1. The number of anilines is 1. The Kier molecular flexibility index (Phi) is 7.12. The van der Waals surface area contributed by atoms with Crippen LogP contribution in [-0.2, 0) is 19.1 Å². The molecule has 1 saturated heterocycles. The van der Waals surface area contributed by atoms with Gasteiger partial charge in [-0.25, -0.2) is 14.8 Å². The number of carbonyl (C=O) groups excluding carboxylic acids is 3. The molecule has 2 heterocycles. The van der Waals surface area contributed by atoms with E-state index in [0.717, 1.165) is 0 Å². The van der Waals surface area contributed by atoms with Crippen molar-refractivity contribution in [2.45, 2.75) is 6.92 Å². The third-order valence-corrected chi connectivity index (χ3v) is 3.77. The van der Waals surface area contributed by atoms with Crippen molar-refractivity contribution in [1.82, 2.24) is 19.8 Å². The number of hydrogen-bond donors (Lipinski definition) is 0. The minimum Gasteiger partial charge on any atom is -0.454 e. The molecule has 1 fully saturated rings. The van der Waals surface area contributed by atoms with Crippen LogP contribution in [0.3, 0.4) is 0 Å². The third-order valence-electron chi connectivity index (χ3n) is 3.77. The summed E-state index contributed by atoms with van der Waals surface area (Å²) in [5.74, 6) is -0.440. The molecule has 2 rings (SSSR count). The predicted molar refractivity (Wildman–Crippen MR) is 91.4 cm³/mol. The fourth-order valence-corrected chi connectivity index (χ4v) is 2.39. The molecule has 1 aromatic heterocycles. The zero-order chi connectivity index (χ0) is 18.9. The monoisotopic (exact) mass is 365 g/mol. The molecule has 0 aromatic carbocycles. The van der Waals surface area contributed by atoms with Gasteiger partial charge in [-0.3, -0.25) is 9.59 Å². The van der Waals surface area contributed by atoms with E-state index in [-0.39, 0.29) is 25.2 Å². The zero-order valence-electron chi connectivity index (χ0n) is 15.0. The minimum atomic E-state index is -0.543. The fourth-order valence-electron chi connectivity index (χ4n) is 2.39. The number of nitrogens with zero attached hydrogens (tertiary/aromatic N) is 5. The number of hydrogen-bond acceptors (Lipinski definition) is 8. The van der Waals surface area contributed by atoms with E-state index < -0.39 is 5.97 Å². The van der Waals surface area contributed by atoms with E-state index in [0.29, 0.717) is 38.7 Å². The summed E-state index contributed by atoms with van der Waals surface area (Å²) in [6.45, 7) is 3.22. The number of piperazine rings is 1. The van der Waals surface area contributed by atoms with Gasteiger partial charge in [0.25, 0.3) is 5.91 Å². The van der Waals surface area contributed by atoms with Gasteiger partial charge in [0.2, 0.25) is 5.95 Å². The summed E-state index contributed by atoms with van der Waals surface area (Å²) in [7, 11) is 1.66. The fraction of sp³-hybridized carbons (Fsp3) is 0.562. The number of aromatic nitrogens is 2. The molecular formula is C16H23N5O5. The normalized spacial score (nSPS) is 13.9. The number of carbonyl (C=O) groups is 3. The van der Waals surface area contributed by atoms with Crippen LogP contribution in [0.2, 0.25) is 0 Å². The Labute approximate surface area is 151 Å². The molecule has 1 aromatic rings. The molecule has 0 spiro atoms. The highest BCUT2D eigenvalue weighted by Gasteiger charge is 2.25. The summed E-state index contributed by atoms with van der Waals surface area (Å²) in [4.78, 5) is 48.3. The highest BCUT2D eigenvalue weighted by atomic mass is 16.6. The lowest BCUT2D eigenvalue weighted by molar-refractivity contribution is -0.151.